The summed E-state index contributed by atoms with van der Waals surface area (Å²) in [7, 11) is 0. The van der Waals surface area contributed by atoms with E-state index in [1.165, 1.54) is 83.5 Å². The first-order chi connectivity index (χ1) is 15.2. The van der Waals surface area contributed by atoms with Gasteiger partial charge < -0.3 is 14.6 Å². The first-order valence-electron chi connectivity index (χ1n) is 12.9. The van der Waals surface area contributed by atoms with Gasteiger partial charge in [-0.2, -0.15) is 0 Å². The van der Waals surface area contributed by atoms with Crippen LogP contribution in [0.25, 0.3) is 0 Å². The average Bonchev–Trinajstić information content (AvgIpc) is 2.79. The standard InChI is InChI=1S/C27H50O4/c1-3-5-6-7-8-9-10-11-12-13-14-15-16-17-18-19-20-21-22-23-30-25-26(24-28)31-27(29)4-2/h9-10,12-13,26,28H,3-8,11,14-25H2,1-2H3/b10-9-,13-12-. The van der Waals surface area contributed by atoms with Gasteiger partial charge in [-0.3, -0.25) is 4.79 Å². The third-order valence-electron chi connectivity index (χ3n) is 5.33. The number of carbonyl (C=O) groups is 1. The summed E-state index contributed by atoms with van der Waals surface area (Å²) < 4.78 is 10.6. The number of esters is 1. The summed E-state index contributed by atoms with van der Waals surface area (Å²) in [5.74, 6) is -0.292. The molecular weight excluding hydrogens is 388 g/mol. The average molecular weight is 439 g/mol. The minimum atomic E-state index is -0.529. The number of aliphatic hydroxyl groups is 1. The van der Waals surface area contributed by atoms with Gasteiger partial charge in [-0.15, -0.1) is 0 Å². The largest absolute Gasteiger partial charge is 0.457 e. The number of rotatable bonds is 23. The lowest BCUT2D eigenvalue weighted by molar-refractivity contribution is -0.154. The Morgan fingerprint density at radius 2 is 1.32 bits per heavy atom. The van der Waals surface area contributed by atoms with Gasteiger partial charge in [0.2, 0.25) is 0 Å². The van der Waals surface area contributed by atoms with E-state index in [9.17, 15) is 9.90 Å². The summed E-state index contributed by atoms with van der Waals surface area (Å²) in [4.78, 5) is 11.2. The van der Waals surface area contributed by atoms with Crippen LogP contribution in [0.4, 0.5) is 0 Å². The molecule has 0 saturated carbocycles. The Labute approximate surface area is 192 Å². The van der Waals surface area contributed by atoms with Crippen LogP contribution in [0, 0.1) is 0 Å². The summed E-state index contributed by atoms with van der Waals surface area (Å²) in [5, 5.41) is 9.17. The predicted molar refractivity (Wildman–Crippen MR) is 131 cm³/mol. The molecule has 0 aromatic heterocycles. The fraction of sp³-hybridized carbons (Fsp3) is 0.815. The van der Waals surface area contributed by atoms with Crippen molar-refractivity contribution >= 4 is 5.97 Å². The number of hydrogen-bond donors (Lipinski definition) is 1. The molecule has 0 radical (unpaired) electrons. The van der Waals surface area contributed by atoms with Crippen molar-refractivity contribution < 1.29 is 19.4 Å². The zero-order chi connectivity index (χ0) is 22.8. The molecule has 4 heteroatoms. The van der Waals surface area contributed by atoms with Gasteiger partial charge in [0, 0.05) is 13.0 Å². The van der Waals surface area contributed by atoms with Crippen molar-refractivity contribution in [1.29, 1.82) is 0 Å². The lowest BCUT2D eigenvalue weighted by Crippen LogP contribution is -2.27. The molecule has 0 bridgehead atoms. The summed E-state index contributed by atoms with van der Waals surface area (Å²) in [5.41, 5.74) is 0. The van der Waals surface area contributed by atoms with Crippen LogP contribution >= 0.6 is 0 Å². The highest BCUT2D eigenvalue weighted by Gasteiger charge is 2.12. The molecule has 0 rings (SSSR count). The molecule has 0 aromatic carbocycles. The van der Waals surface area contributed by atoms with Crippen LogP contribution in [-0.2, 0) is 14.3 Å². The second-order valence-electron chi connectivity index (χ2n) is 8.37. The fourth-order valence-corrected chi connectivity index (χ4v) is 3.33. The van der Waals surface area contributed by atoms with Gasteiger partial charge in [-0.05, 0) is 38.5 Å². The molecule has 0 aliphatic carbocycles. The van der Waals surface area contributed by atoms with E-state index >= 15 is 0 Å². The van der Waals surface area contributed by atoms with Crippen molar-refractivity contribution in [3.8, 4) is 0 Å². The number of aliphatic hydroxyl groups excluding tert-OH is 1. The quantitative estimate of drug-likeness (QED) is 0.103. The molecule has 0 amide bonds. The lowest BCUT2D eigenvalue weighted by Gasteiger charge is -2.15. The van der Waals surface area contributed by atoms with E-state index in [-0.39, 0.29) is 19.2 Å². The molecule has 0 fully saturated rings. The Morgan fingerprint density at radius 1 is 0.774 bits per heavy atom. The topological polar surface area (TPSA) is 55.8 Å². The van der Waals surface area contributed by atoms with Crippen LogP contribution in [0.5, 0.6) is 0 Å². The van der Waals surface area contributed by atoms with Crippen molar-refractivity contribution in [1.82, 2.24) is 0 Å². The second-order valence-corrected chi connectivity index (χ2v) is 8.37. The molecule has 182 valence electrons. The zero-order valence-corrected chi connectivity index (χ0v) is 20.5. The number of ether oxygens (including phenoxy) is 2. The van der Waals surface area contributed by atoms with Crippen molar-refractivity contribution in [3.05, 3.63) is 24.3 Å². The maximum Gasteiger partial charge on any atom is 0.305 e. The second kappa shape index (κ2) is 25.1. The van der Waals surface area contributed by atoms with Gasteiger partial charge in [0.05, 0.1) is 13.2 Å². The van der Waals surface area contributed by atoms with E-state index in [0.717, 1.165) is 12.8 Å². The highest BCUT2D eigenvalue weighted by Crippen LogP contribution is 2.10. The van der Waals surface area contributed by atoms with Crippen molar-refractivity contribution in [2.45, 2.75) is 123 Å². The van der Waals surface area contributed by atoms with Gasteiger partial charge in [0.25, 0.3) is 0 Å². The maximum absolute atomic E-state index is 11.2. The van der Waals surface area contributed by atoms with E-state index in [1.807, 2.05) is 0 Å². The van der Waals surface area contributed by atoms with Gasteiger partial charge in [-0.1, -0.05) is 95.9 Å². The zero-order valence-electron chi connectivity index (χ0n) is 20.5. The highest BCUT2D eigenvalue weighted by molar-refractivity contribution is 5.69. The monoisotopic (exact) mass is 438 g/mol. The van der Waals surface area contributed by atoms with Crippen molar-refractivity contribution in [3.63, 3.8) is 0 Å². The molecule has 0 aliphatic rings. The van der Waals surface area contributed by atoms with E-state index in [1.54, 1.807) is 6.92 Å². The van der Waals surface area contributed by atoms with Crippen LogP contribution in [0.1, 0.15) is 117 Å². The molecule has 0 aromatic rings. The fourth-order valence-electron chi connectivity index (χ4n) is 3.33. The number of allylic oxidation sites excluding steroid dienone is 4. The third-order valence-corrected chi connectivity index (χ3v) is 5.33. The lowest BCUT2D eigenvalue weighted by atomic mass is 10.1. The first kappa shape index (κ1) is 29.9. The van der Waals surface area contributed by atoms with Crippen LogP contribution in [0.3, 0.4) is 0 Å². The number of hydrogen-bond acceptors (Lipinski definition) is 4. The van der Waals surface area contributed by atoms with E-state index < -0.39 is 6.10 Å². The summed E-state index contributed by atoms with van der Waals surface area (Å²) in [6.45, 7) is 4.77. The molecule has 4 nitrogen and oxygen atoms in total. The molecular formula is C27H50O4. The first-order valence-corrected chi connectivity index (χ1v) is 12.9. The number of carbonyl (C=O) groups excluding carboxylic acids is 1. The van der Waals surface area contributed by atoms with Crippen LogP contribution in [-0.4, -0.2) is 37.0 Å². The molecule has 1 atom stereocenters. The van der Waals surface area contributed by atoms with E-state index in [4.69, 9.17) is 9.47 Å². The Bertz CT molecular complexity index is 431. The Hall–Kier alpha value is -1.13. The molecule has 0 saturated heterocycles. The molecule has 31 heavy (non-hydrogen) atoms. The smallest absolute Gasteiger partial charge is 0.305 e. The Morgan fingerprint density at radius 3 is 1.87 bits per heavy atom. The van der Waals surface area contributed by atoms with E-state index in [0.29, 0.717) is 13.0 Å². The molecule has 0 heterocycles. The molecule has 1 N–H and O–H groups in total. The third kappa shape index (κ3) is 23.4. The van der Waals surface area contributed by atoms with Gasteiger partial charge in [0.15, 0.2) is 0 Å². The van der Waals surface area contributed by atoms with Crippen molar-refractivity contribution in [2.24, 2.45) is 0 Å². The predicted octanol–water partition coefficient (Wildman–Crippen LogP) is 7.30. The van der Waals surface area contributed by atoms with E-state index in [2.05, 4.69) is 31.2 Å². The summed E-state index contributed by atoms with van der Waals surface area (Å²) in [6.07, 6.45) is 28.1. The normalized spacial score (nSPS) is 12.7. The van der Waals surface area contributed by atoms with Crippen LogP contribution in [0.2, 0.25) is 0 Å². The minimum absolute atomic E-state index is 0.183. The molecule has 1 unspecified atom stereocenters. The molecule has 0 aliphatic heterocycles. The number of unbranched alkanes of at least 4 members (excludes halogenated alkanes) is 12. The minimum Gasteiger partial charge on any atom is -0.457 e. The summed E-state index contributed by atoms with van der Waals surface area (Å²) in [6, 6.07) is 0. The highest BCUT2D eigenvalue weighted by atomic mass is 16.6. The Kier molecular flexibility index (Phi) is 24.2. The Balaban J connectivity index is 3.29. The molecule has 0 spiro atoms. The van der Waals surface area contributed by atoms with Crippen molar-refractivity contribution in [2.75, 3.05) is 19.8 Å². The van der Waals surface area contributed by atoms with Gasteiger partial charge >= 0.3 is 5.97 Å². The van der Waals surface area contributed by atoms with Crippen LogP contribution < -0.4 is 0 Å². The SMILES string of the molecule is CCCCCC/C=C\C/C=C\CCCCCCCCCCOCC(CO)OC(=O)CC. The summed E-state index contributed by atoms with van der Waals surface area (Å²) >= 11 is 0. The van der Waals surface area contributed by atoms with Gasteiger partial charge in [-0.25, -0.2) is 0 Å². The van der Waals surface area contributed by atoms with Crippen LogP contribution in [0.15, 0.2) is 24.3 Å². The van der Waals surface area contributed by atoms with Gasteiger partial charge in [0.1, 0.15) is 6.10 Å². The maximum atomic E-state index is 11.2.